The van der Waals surface area contributed by atoms with Crippen molar-refractivity contribution in [2.75, 3.05) is 6.61 Å². The van der Waals surface area contributed by atoms with Gasteiger partial charge in [0.2, 0.25) is 0 Å². The maximum atomic E-state index is 6.40. The first-order chi connectivity index (χ1) is 9.22. The van der Waals surface area contributed by atoms with Gasteiger partial charge in [-0.25, -0.2) is 0 Å². The van der Waals surface area contributed by atoms with Crippen molar-refractivity contribution in [3.8, 4) is 0 Å². The molecule has 0 aliphatic rings. The van der Waals surface area contributed by atoms with E-state index in [1.807, 2.05) is 31.2 Å². The molecule has 19 heavy (non-hydrogen) atoms. The molecule has 2 aromatic rings. The molecule has 2 rings (SSSR count). The molecular weight excluding hydrogens is 234 g/mol. The number of hydrogen-bond acceptors (Lipinski definition) is 2. The Kier molecular flexibility index (Phi) is 4.72. The third-order valence-corrected chi connectivity index (χ3v) is 3.23. The molecule has 0 heterocycles. The molecule has 0 bridgehead atoms. The summed E-state index contributed by atoms with van der Waals surface area (Å²) in [4.78, 5) is 0. The van der Waals surface area contributed by atoms with Gasteiger partial charge in [-0.1, -0.05) is 60.2 Å². The van der Waals surface area contributed by atoms with Crippen LogP contribution in [0.3, 0.4) is 0 Å². The quantitative estimate of drug-likeness (QED) is 0.882. The number of rotatable bonds is 5. The molecule has 2 unspecified atom stereocenters. The summed E-state index contributed by atoms with van der Waals surface area (Å²) in [5.41, 5.74) is 9.86. The smallest absolute Gasteiger partial charge is 0.102 e. The fourth-order valence-corrected chi connectivity index (χ4v) is 2.28. The zero-order valence-corrected chi connectivity index (χ0v) is 11.5. The van der Waals surface area contributed by atoms with E-state index in [1.165, 1.54) is 5.56 Å². The minimum atomic E-state index is -0.151. The number of ether oxygens (including phenoxy) is 1. The van der Waals surface area contributed by atoms with Crippen molar-refractivity contribution in [2.45, 2.75) is 26.0 Å². The van der Waals surface area contributed by atoms with E-state index in [1.54, 1.807) is 0 Å². The highest BCUT2D eigenvalue weighted by molar-refractivity contribution is 5.29. The first kappa shape index (κ1) is 13.8. The lowest BCUT2D eigenvalue weighted by molar-refractivity contribution is 0.0429. The van der Waals surface area contributed by atoms with Crippen LogP contribution in [-0.2, 0) is 4.74 Å². The standard InChI is InChI=1S/C17H21NO/c1-3-19-17(14-9-5-4-6-10-14)16(18)15-11-7-8-13(2)12-15/h4-12,16-17H,3,18H2,1-2H3. The van der Waals surface area contributed by atoms with Crippen LogP contribution in [0.4, 0.5) is 0 Å². The van der Waals surface area contributed by atoms with Gasteiger partial charge in [0, 0.05) is 6.61 Å². The normalized spacial score (nSPS) is 14.1. The van der Waals surface area contributed by atoms with Gasteiger partial charge in [0.15, 0.2) is 0 Å². The summed E-state index contributed by atoms with van der Waals surface area (Å²) in [5.74, 6) is 0. The molecule has 2 heteroatoms. The topological polar surface area (TPSA) is 35.2 Å². The zero-order chi connectivity index (χ0) is 13.7. The van der Waals surface area contributed by atoms with Crippen molar-refractivity contribution in [3.63, 3.8) is 0 Å². The van der Waals surface area contributed by atoms with Crippen LogP contribution in [0.15, 0.2) is 54.6 Å². The van der Waals surface area contributed by atoms with E-state index < -0.39 is 0 Å². The fraction of sp³-hybridized carbons (Fsp3) is 0.294. The third kappa shape index (κ3) is 3.43. The molecule has 0 aliphatic heterocycles. The predicted octanol–water partition coefficient (Wildman–Crippen LogP) is 3.77. The van der Waals surface area contributed by atoms with Crippen LogP contribution in [0.1, 0.15) is 35.8 Å². The fourth-order valence-electron chi connectivity index (χ4n) is 2.28. The molecule has 0 aromatic heterocycles. The van der Waals surface area contributed by atoms with Gasteiger partial charge in [-0.05, 0) is 25.0 Å². The monoisotopic (exact) mass is 255 g/mol. The SMILES string of the molecule is CCOC(c1ccccc1)C(N)c1cccc(C)c1. The molecule has 0 aliphatic carbocycles. The van der Waals surface area contributed by atoms with Gasteiger partial charge in [-0.15, -0.1) is 0 Å². The van der Waals surface area contributed by atoms with Gasteiger partial charge in [0.05, 0.1) is 6.04 Å². The Morgan fingerprint density at radius 2 is 1.68 bits per heavy atom. The lowest BCUT2D eigenvalue weighted by Crippen LogP contribution is -2.22. The van der Waals surface area contributed by atoms with E-state index in [4.69, 9.17) is 10.5 Å². The van der Waals surface area contributed by atoms with E-state index in [-0.39, 0.29) is 12.1 Å². The van der Waals surface area contributed by atoms with Crippen molar-refractivity contribution in [2.24, 2.45) is 5.73 Å². The largest absolute Gasteiger partial charge is 0.372 e. The third-order valence-electron chi connectivity index (χ3n) is 3.23. The number of nitrogens with two attached hydrogens (primary N) is 1. The van der Waals surface area contributed by atoms with Gasteiger partial charge < -0.3 is 10.5 Å². The lowest BCUT2D eigenvalue weighted by Gasteiger charge is -2.25. The van der Waals surface area contributed by atoms with Crippen LogP contribution in [0.2, 0.25) is 0 Å². The van der Waals surface area contributed by atoms with Crippen LogP contribution in [0.25, 0.3) is 0 Å². The van der Waals surface area contributed by atoms with Crippen LogP contribution < -0.4 is 5.73 Å². The number of aryl methyl sites for hydroxylation is 1. The van der Waals surface area contributed by atoms with E-state index in [9.17, 15) is 0 Å². The molecule has 2 aromatic carbocycles. The van der Waals surface area contributed by atoms with Crippen LogP contribution >= 0.6 is 0 Å². The maximum Gasteiger partial charge on any atom is 0.102 e. The molecule has 2 atom stereocenters. The Morgan fingerprint density at radius 1 is 1.00 bits per heavy atom. The molecule has 0 spiro atoms. The Hall–Kier alpha value is -1.64. The minimum absolute atomic E-state index is 0.104. The zero-order valence-electron chi connectivity index (χ0n) is 11.5. The first-order valence-corrected chi connectivity index (χ1v) is 6.71. The molecule has 0 radical (unpaired) electrons. The molecule has 2 N–H and O–H groups in total. The van der Waals surface area contributed by atoms with Crippen molar-refractivity contribution in [3.05, 3.63) is 71.3 Å². The second-order valence-corrected chi connectivity index (χ2v) is 4.73. The summed E-state index contributed by atoms with van der Waals surface area (Å²) < 4.78 is 5.86. The number of benzene rings is 2. The Labute approximate surface area is 115 Å². The van der Waals surface area contributed by atoms with Gasteiger partial charge in [0.25, 0.3) is 0 Å². The molecule has 100 valence electrons. The lowest BCUT2D eigenvalue weighted by atomic mass is 9.95. The summed E-state index contributed by atoms with van der Waals surface area (Å²) in [6.45, 7) is 4.73. The van der Waals surface area contributed by atoms with Gasteiger partial charge in [-0.2, -0.15) is 0 Å². The Balaban J connectivity index is 2.29. The Morgan fingerprint density at radius 3 is 2.32 bits per heavy atom. The highest BCUT2D eigenvalue weighted by atomic mass is 16.5. The highest BCUT2D eigenvalue weighted by Crippen LogP contribution is 2.30. The molecule has 0 saturated carbocycles. The first-order valence-electron chi connectivity index (χ1n) is 6.71. The van der Waals surface area contributed by atoms with Crippen molar-refractivity contribution in [1.82, 2.24) is 0 Å². The maximum absolute atomic E-state index is 6.40. The summed E-state index contributed by atoms with van der Waals surface area (Å²) in [5, 5.41) is 0. The Bertz CT molecular complexity index is 510. The minimum Gasteiger partial charge on any atom is -0.372 e. The van der Waals surface area contributed by atoms with Crippen molar-refractivity contribution < 1.29 is 4.74 Å². The van der Waals surface area contributed by atoms with E-state index in [0.29, 0.717) is 6.61 Å². The average molecular weight is 255 g/mol. The molecule has 2 nitrogen and oxygen atoms in total. The van der Waals surface area contributed by atoms with E-state index >= 15 is 0 Å². The van der Waals surface area contributed by atoms with E-state index in [2.05, 4.69) is 37.3 Å². The van der Waals surface area contributed by atoms with Gasteiger partial charge in [-0.3, -0.25) is 0 Å². The molecule has 0 saturated heterocycles. The van der Waals surface area contributed by atoms with Gasteiger partial charge in [0.1, 0.15) is 6.10 Å². The van der Waals surface area contributed by atoms with Crippen molar-refractivity contribution in [1.29, 1.82) is 0 Å². The number of hydrogen-bond donors (Lipinski definition) is 1. The van der Waals surface area contributed by atoms with Crippen molar-refractivity contribution >= 4 is 0 Å². The second-order valence-electron chi connectivity index (χ2n) is 4.73. The van der Waals surface area contributed by atoms with Crippen LogP contribution in [-0.4, -0.2) is 6.61 Å². The average Bonchev–Trinajstić information content (AvgIpc) is 2.45. The predicted molar refractivity (Wildman–Crippen MR) is 78.9 cm³/mol. The summed E-state index contributed by atoms with van der Waals surface area (Å²) in [6.07, 6.45) is -0.104. The second kappa shape index (κ2) is 6.50. The van der Waals surface area contributed by atoms with Crippen LogP contribution in [0, 0.1) is 6.92 Å². The molecule has 0 fully saturated rings. The summed E-state index contributed by atoms with van der Waals surface area (Å²) in [7, 11) is 0. The highest BCUT2D eigenvalue weighted by Gasteiger charge is 2.21. The molecular formula is C17H21NO. The van der Waals surface area contributed by atoms with Gasteiger partial charge >= 0.3 is 0 Å². The van der Waals surface area contributed by atoms with E-state index in [0.717, 1.165) is 11.1 Å². The summed E-state index contributed by atoms with van der Waals surface area (Å²) in [6, 6.07) is 18.3. The van der Waals surface area contributed by atoms with Crippen LogP contribution in [0.5, 0.6) is 0 Å². The summed E-state index contributed by atoms with van der Waals surface area (Å²) >= 11 is 0. The molecule has 0 amide bonds.